The highest BCUT2D eigenvalue weighted by molar-refractivity contribution is 9.10. The lowest BCUT2D eigenvalue weighted by Gasteiger charge is -2.08. The van der Waals surface area contributed by atoms with Crippen molar-refractivity contribution in [2.24, 2.45) is 5.92 Å². The van der Waals surface area contributed by atoms with Gasteiger partial charge >= 0.3 is 0 Å². The minimum absolute atomic E-state index is 0.152. The zero-order valence-corrected chi connectivity index (χ0v) is 11.5. The Hall–Kier alpha value is -0.350. The average molecular weight is 291 g/mol. The molecule has 0 amide bonds. The summed E-state index contributed by atoms with van der Waals surface area (Å²) in [7, 11) is -3.12. The number of benzene rings is 1. The van der Waals surface area contributed by atoms with Gasteiger partial charge in [0.2, 0.25) is 0 Å². The number of sulfone groups is 1. The first-order valence-corrected chi connectivity index (χ1v) is 7.26. The topological polar surface area (TPSA) is 34.1 Å². The zero-order chi connectivity index (χ0) is 11.6. The number of hydrogen-bond acceptors (Lipinski definition) is 2. The highest BCUT2D eigenvalue weighted by atomic mass is 79.9. The largest absolute Gasteiger partial charge is 0.224 e. The molecule has 0 bridgehead atoms. The maximum absolute atomic E-state index is 11.9. The van der Waals surface area contributed by atoms with Crippen LogP contribution in [0.15, 0.2) is 27.6 Å². The molecule has 2 nitrogen and oxygen atoms in total. The van der Waals surface area contributed by atoms with Crippen molar-refractivity contribution in [3.05, 3.63) is 28.2 Å². The van der Waals surface area contributed by atoms with E-state index in [1.165, 1.54) is 0 Å². The lowest BCUT2D eigenvalue weighted by atomic mass is 10.2. The lowest BCUT2D eigenvalue weighted by molar-refractivity contribution is 0.582. The van der Waals surface area contributed by atoms with Crippen LogP contribution in [0.5, 0.6) is 0 Å². The highest BCUT2D eigenvalue weighted by Gasteiger charge is 2.16. The van der Waals surface area contributed by atoms with E-state index in [0.717, 1.165) is 10.0 Å². The standard InChI is InChI=1S/C11H15BrO2S/c1-8(2)7-15(13,14)10-4-5-11(12)9(3)6-10/h4-6,8H,7H2,1-3H3. The fraction of sp³-hybridized carbons (Fsp3) is 0.455. The smallest absolute Gasteiger partial charge is 0.178 e. The van der Waals surface area contributed by atoms with Gasteiger partial charge in [0.05, 0.1) is 10.6 Å². The van der Waals surface area contributed by atoms with Crippen molar-refractivity contribution in [2.75, 3.05) is 5.75 Å². The molecular weight excluding hydrogens is 276 g/mol. The highest BCUT2D eigenvalue weighted by Crippen LogP contribution is 2.21. The van der Waals surface area contributed by atoms with Crippen molar-refractivity contribution >= 4 is 25.8 Å². The molecule has 15 heavy (non-hydrogen) atoms. The van der Waals surface area contributed by atoms with Gasteiger partial charge in [-0.15, -0.1) is 0 Å². The van der Waals surface area contributed by atoms with Crippen LogP contribution in [0.4, 0.5) is 0 Å². The molecule has 0 aromatic heterocycles. The minimum atomic E-state index is -3.12. The van der Waals surface area contributed by atoms with Crippen LogP contribution in [-0.4, -0.2) is 14.2 Å². The van der Waals surface area contributed by atoms with Crippen molar-refractivity contribution in [2.45, 2.75) is 25.7 Å². The summed E-state index contributed by atoms with van der Waals surface area (Å²) >= 11 is 3.35. The van der Waals surface area contributed by atoms with Gasteiger partial charge in [-0.05, 0) is 36.6 Å². The second kappa shape index (κ2) is 4.66. The summed E-state index contributed by atoms with van der Waals surface area (Å²) < 4.78 is 24.7. The second-order valence-electron chi connectivity index (χ2n) is 4.09. The molecular formula is C11H15BrO2S. The molecule has 0 saturated heterocycles. The van der Waals surface area contributed by atoms with Gasteiger partial charge in [0.15, 0.2) is 9.84 Å². The van der Waals surface area contributed by atoms with Crippen LogP contribution in [-0.2, 0) is 9.84 Å². The Morgan fingerprint density at radius 1 is 1.33 bits per heavy atom. The predicted molar refractivity (Wildman–Crippen MR) is 65.8 cm³/mol. The van der Waals surface area contributed by atoms with Gasteiger partial charge in [-0.25, -0.2) is 8.42 Å². The molecule has 0 aliphatic rings. The molecule has 0 N–H and O–H groups in total. The molecule has 0 spiro atoms. The van der Waals surface area contributed by atoms with E-state index >= 15 is 0 Å². The average Bonchev–Trinajstić information content (AvgIpc) is 2.07. The number of rotatable bonds is 3. The van der Waals surface area contributed by atoms with Crippen LogP contribution < -0.4 is 0 Å². The van der Waals surface area contributed by atoms with Crippen LogP contribution in [0.25, 0.3) is 0 Å². The van der Waals surface area contributed by atoms with Gasteiger partial charge in [-0.2, -0.15) is 0 Å². The van der Waals surface area contributed by atoms with Gasteiger partial charge in [-0.3, -0.25) is 0 Å². The first kappa shape index (κ1) is 12.7. The summed E-state index contributed by atoms with van der Waals surface area (Å²) in [5, 5.41) is 0. The van der Waals surface area contributed by atoms with Crippen molar-refractivity contribution in [3.8, 4) is 0 Å². The number of hydrogen-bond donors (Lipinski definition) is 0. The molecule has 1 aromatic rings. The Labute approximate surface area is 99.7 Å². The first-order chi connectivity index (χ1) is 6.83. The third-order valence-electron chi connectivity index (χ3n) is 2.04. The quantitative estimate of drug-likeness (QED) is 0.857. The van der Waals surface area contributed by atoms with Crippen molar-refractivity contribution < 1.29 is 8.42 Å². The van der Waals surface area contributed by atoms with Crippen molar-refractivity contribution in [1.29, 1.82) is 0 Å². The van der Waals surface area contributed by atoms with E-state index in [1.54, 1.807) is 18.2 Å². The number of aryl methyl sites for hydroxylation is 1. The fourth-order valence-corrected chi connectivity index (χ4v) is 3.29. The van der Waals surface area contributed by atoms with Crippen LogP contribution in [0.2, 0.25) is 0 Å². The van der Waals surface area contributed by atoms with Crippen LogP contribution in [0, 0.1) is 12.8 Å². The summed E-state index contributed by atoms with van der Waals surface area (Å²) in [6, 6.07) is 5.14. The Morgan fingerprint density at radius 3 is 2.40 bits per heavy atom. The van der Waals surface area contributed by atoms with Crippen molar-refractivity contribution in [1.82, 2.24) is 0 Å². The molecule has 84 valence electrons. The third kappa shape index (κ3) is 3.31. The molecule has 1 aromatic carbocycles. The van der Waals surface area contributed by atoms with Gasteiger partial charge in [0, 0.05) is 4.47 Å². The molecule has 4 heteroatoms. The van der Waals surface area contributed by atoms with Gasteiger partial charge in [0.1, 0.15) is 0 Å². The molecule has 0 saturated carbocycles. The van der Waals surface area contributed by atoms with Gasteiger partial charge in [-0.1, -0.05) is 29.8 Å². The fourth-order valence-electron chi connectivity index (χ4n) is 1.35. The summed E-state index contributed by atoms with van der Waals surface area (Å²) in [5.41, 5.74) is 0.944. The van der Waals surface area contributed by atoms with E-state index in [4.69, 9.17) is 0 Å². The summed E-state index contributed by atoms with van der Waals surface area (Å²) in [6.45, 7) is 5.70. The first-order valence-electron chi connectivity index (χ1n) is 4.82. The molecule has 0 unspecified atom stereocenters. The molecule has 0 atom stereocenters. The number of halogens is 1. The van der Waals surface area contributed by atoms with Gasteiger partial charge < -0.3 is 0 Å². The summed E-state index contributed by atoms with van der Waals surface area (Å²) in [6.07, 6.45) is 0. The molecule has 0 aliphatic carbocycles. The third-order valence-corrected chi connectivity index (χ3v) is 5.01. The van der Waals surface area contributed by atoms with E-state index in [2.05, 4.69) is 15.9 Å². The summed E-state index contributed by atoms with van der Waals surface area (Å²) in [5.74, 6) is 0.354. The van der Waals surface area contributed by atoms with Crippen LogP contribution in [0.3, 0.4) is 0 Å². The van der Waals surface area contributed by atoms with E-state index in [1.807, 2.05) is 20.8 Å². The van der Waals surface area contributed by atoms with Gasteiger partial charge in [0.25, 0.3) is 0 Å². The second-order valence-corrected chi connectivity index (χ2v) is 6.97. The molecule has 0 aliphatic heterocycles. The Balaban J connectivity index is 3.11. The minimum Gasteiger partial charge on any atom is -0.224 e. The van der Waals surface area contributed by atoms with E-state index in [-0.39, 0.29) is 11.7 Å². The Bertz CT molecular complexity index is 450. The zero-order valence-electron chi connectivity index (χ0n) is 9.12. The van der Waals surface area contributed by atoms with E-state index in [9.17, 15) is 8.42 Å². The van der Waals surface area contributed by atoms with Crippen molar-refractivity contribution in [3.63, 3.8) is 0 Å². The maximum Gasteiger partial charge on any atom is 0.178 e. The normalized spacial score (nSPS) is 12.1. The van der Waals surface area contributed by atoms with E-state index in [0.29, 0.717) is 4.90 Å². The monoisotopic (exact) mass is 290 g/mol. The summed E-state index contributed by atoms with van der Waals surface area (Å²) in [4.78, 5) is 0.414. The van der Waals surface area contributed by atoms with Crippen LogP contribution >= 0.6 is 15.9 Å². The molecule has 1 rings (SSSR count). The van der Waals surface area contributed by atoms with E-state index < -0.39 is 9.84 Å². The Kier molecular flexibility index (Phi) is 3.95. The predicted octanol–water partition coefficient (Wildman–Crippen LogP) is 3.19. The molecule has 0 fully saturated rings. The Morgan fingerprint density at radius 2 is 1.93 bits per heavy atom. The SMILES string of the molecule is Cc1cc(S(=O)(=O)CC(C)C)ccc1Br. The lowest BCUT2D eigenvalue weighted by Crippen LogP contribution is -2.11. The maximum atomic E-state index is 11.9. The van der Waals surface area contributed by atoms with Crippen LogP contribution in [0.1, 0.15) is 19.4 Å². The molecule has 0 heterocycles. The molecule has 0 radical (unpaired) electrons.